The van der Waals surface area contributed by atoms with Gasteiger partial charge in [-0.2, -0.15) is 0 Å². The minimum atomic E-state index is 0.312. The van der Waals surface area contributed by atoms with Crippen LogP contribution in [-0.2, 0) is 13.1 Å². The highest BCUT2D eigenvalue weighted by Gasteiger charge is 2.12. The molecule has 0 spiro atoms. The molecule has 0 aliphatic carbocycles. The lowest BCUT2D eigenvalue weighted by Crippen LogP contribution is -2.17. The van der Waals surface area contributed by atoms with Crippen molar-refractivity contribution in [3.63, 3.8) is 0 Å². The van der Waals surface area contributed by atoms with Gasteiger partial charge in [0, 0.05) is 29.9 Å². The Labute approximate surface area is 144 Å². The summed E-state index contributed by atoms with van der Waals surface area (Å²) < 4.78 is 1.21. The third-order valence-corrected chi connectivity index (χ3v) is 5.10. The summed E-state index contributed by atoms with van der Waals surface area (Å²) in [5, 5.41) is 13.4. The van der Waals surface area contributed by atoms with Gasteiger partial charge < -0.3 is 5.11 Å². The first-order chi connectivity index (χ1) is 11.7. The zero-order chi connectivity index (χ0) is 16.5. The molecule has 0 bridgehead atoms. The molecule has 0 amide bonds. The summed E-state index contributed by atoms with van der Waals surface area (Å²) >= 11 is 1.72. The summed E-state index contributed by atoms with van der Waals surface area (Å²) in [6.07, 6.45) is 3.59. The quantitative estimate of drug-likeness (QED) is 0.608. The molecule has 0 saturated carbocycles. The third kappa shape index (κ3) is 2.84. The van der Waals surface area contributed by atoms with Crippen LogP contribution < -0.4 is 0 Å². The van der Waals surface area contributed by atoms with Gasteiger partial charge in [-0.15, -0.1) is 11.3 Å². The van der Waals surface area contributed by atoms with Crippen LogP contribution >= 0.6 is 11.3 Å². The van der Waals surface area contributed by atoms with Crippen LogP contribution in [0.5, 0.6) is 5.75 Å². The molecule has 0 saturated heterocycles. The first-order valence-electron chi connectivity index (χ1n) is 7.78. The van der Waals surface area contributed by atoms with Gasteiger partial charge in [-0.1, -0.05) is 18.2 Å². The summed E-state index contributed by atoms with van der Waals surface area (Å²) in [5.74, 6) is 0.312. The highest BCUT2D eigenvalue weighted by atomic mass is 32.1. The Morgan fingerprint density at radius 3 is 2.83 bits per heavy atom. The minimum absolute atomic E-state index is 0.312. The summed E-state index contributed by atoms with van der Waals surface area (Å²) in [4.78, 5) is 11.0. The van der Waals surface area contributed by atoms with Gasteiger partial charge in [-0.3, -0.25) is 9.88 Å². The van der Waals surface area contributed by atoms with E-state index in [1.54, 1.807) is 23.6 Å². The zero-order valence-electron chi connectivity index (χ0n) is 13.3. The smallest absolute Gasteiger partial charge is 0.120 e. The maximum Gasteiger partial charge on any atom is 0.120 e. The highest BCUT2D eigenvalue weighted by molar-refractivity contribution is 7.18. The van der Waals surface area contributed by atoms with Crippen molar-refractivity contribution in [1.29, 1.82) is 0 Å². The molecular formula is C19H17N3OS. The summed E-state index contributed by atoms with van der Waals surface area (Å²) in [6, 6.07) is 13.8. The van der Waals surface area contributed by atoms with Crippen LogP contribution in [-0.4, -0.2) is 27.0 Å². The van der Waals surface area contributed by atoms with E-state index in [-0.39, 0.29) is 0 Å². The molecule has 1 N–H and O–H groups in total. The number of pyridine rings is 1. The van der Waals surface area contributed by atoms with E-state index in [1.807, 2.05) is 43.6 Å². The molecule has 2 heterocycles. The van der Waals surface area contributed by atoms with Crippen molar-refractivity contribution in [1.82, 2.24) is 14.9 Å². The predicted molar refractivity (Wildman–Crippen MR) is 98.2 cm³/mol. The summed E-state index contributed by atoms with van der Waals surface area (Å²) in [7, 11) is 2.04. The molecule has 0 aliphatic heterocycles. The second-order valence-electron chi connectivity index (χ2n) is 5.91. The largest absolute Gasteiger partial charge is 0.508 e. The van der Waals surface area contributed by atoms with Crippen molar-refractivity contribution in [3.8, 4) is 5.75 Å². The van der Waals surface area contributed by atoms with Crippen molar-refractivity contribution in [2.24, 2.45) is 0 Å². The van der Waals surface area contributed by atoms with E-state index in [0.29, 0.717) is 12.3 Å². The lowest BCUT2D eigenvalue weighted by molar-refractivity contribution is 0.314. The molecule has 24 heavy (non-hydrogen) atoms. The molecule has 2 aromatic heterocycles. The van der Waals surface area contributed by atoms with Gasteiger partial charge >= 0.3 is 0 Å². The summed E-state index contributed by atoms with van der Waals surface area (Å²) in [6.45, 7) is 1.39. The van der Waals surface area contributed by atoms with E-state index >= 15 is 0 Å². The van der Waals surface area contributed by atoms with Crippen molar-refractivity contribution < 1.29 is 5.11 Å². The van der Waals surface area contributed by atoms with Gasteiger partial charge in [0.1, 0.15) is 10.8 Å². The normalized spacial score (nSPS) is 11.6. The molecule has 0 unspecified atom stereocenters. The van der Waals surface area contributed by atoms with Crippen LogP contribution in [0.2, 0.25) is 0 Å². The van der Waals surface area contributed by atoms with Crippen molar-refractivity contribution >= 4 is 32.3 Å². The number of fused-ring (bicyclic) bond motifs is 2. The predicted octanol–water partition coefficient (Wildman–Crippen LogP) is 4.18. The molecule has 0 radical (unpaired) electrons. The van der Waals surface area contributed by atoms with Gasteiger partial charge in [-0.05, 0) is 36.7 Å². The van der Waals surface area contributed by atoms with E-state index in [0.717, 1.165) is 33.4 Å². The second kappa shape index (κ2) is 6.19. The molecule has 5 heteroatoms. The van der Waals surface area contributed by atoms with Crippen LogP contribution in [0.15, 0.2) is 54.9 Å². The van der Waals surface area contributed by atoms with Crippen LogP contribution in [0.1, 0.15) is 10.6 Å². The van der Waals surface area contributed by atoms with Gasteiger partial charge in [0.15, 0.2) is 0 Å². The van der Waals surface area contributed by atoms with Crippen molar-refractivity contribution in [3.05, 3.63) is 65.4 Å². The number of benzene rings is 2. The van der Waals surface area contributed by atoms with E-state index in [2.05, 4.69) is 20.9 Å². The lowest BCUT2D eigenvalue weighted by Gasteiger charge is -2.17. The monoisotopic (exact) mass is 335 g/mol. The van der Waals surface area contributed by atoms with E-state index in [9.17, 15) is 5.11 Å². The van der Waals surface area contributed by atoms with Crippen molar-refractivity contribution in [2.75, 3.05) is 7.05 Å². The number of thiazole rings is 1. The molecule has 0 fully saturated rings. The van der Waals surface area contributed by atoms with E-state index < -0.39 is 0 Å². The SMILES string of the molecule is CN(Cc1nc2ccccc2s1)Cc1c(O)ccc2ccncc12. The number of aromatic nitrogens is 2. The highest BCUT2D eigenvalue weighted by Crippen LogP contribution is 2.28. The fraction of sp³-hybridized carbons (Fsp3) is 0.158. The summed E-state index contributed by atoms with van der Waals surface area (Å²) in [5.41, 5.74) is 1.95. The molecule has 4 rings (SSSR count). The molecule has 2 aromatic carbocycles. The molecule has 4 nitrogen and oxygen atoms in total. The Kier molecular flexibility index (Phi) is 3.88. The van der Waals surface area contributed by atoms with Gasteiger partial charge in [0.25, 0.3) is 0 Å². The Hall–Kier alpha value is -2.50. The number of phenolic OH excluding ortho intramolecular Hbond substituents is 1. The fourth-order valence-corrected chi connectivity index (χ4v) is 3.97. The van der Waals surface area contributed by atoms with E-state index in [4.69, 9.17) is 0 Å². The van der Waals surface area contributed by atoms with Crippen LogP contribution in [0.25, 0.3) is 21.0 Å². The Morgan fingerprint density at radius 2 is 1.96 bits per heavy atom. The first-order valence-corrected chi connectivity index (χ1v) is 8.60. The molecule has 4 aromatic rings. The topological polar surface area (TPSA) is 49.2 Å². The number of para-hydroxylation sites is 1. The average Bonchev–Trinajstić information content (AvgIpc) is 2.99. The average molecular weight is 335 g/mol. The molecular weight excluding hydrogens is 318 g/mol. The van der Waals surface area contributed by atoms with Gasteiger partial charge in [0.05, 0.1) is 16.8 Å². The third-order valence-electron chi connectivity index (χ3n) is 4.08. The first kappa shape index (κ1) is 15.1. The van der Waals surface area contributed by atoms with Crippen molar-refractivity contribution in [2.45, 2.75) is 13.1 Å². The van der Waals surface area contributed by atoms with Gasteiger partial charge in [0.2, 0.25) is 0 Å². The molecule has 0 atom stereocenters. The molecule has 120 valence electrons. The number of hydrogen-bond acceptors (Lipinski definition) is 5. The van der Waals surface area contributed by atoms with E-state index in [1.165, 1.54) is 4.70 Å². The maximum atomic E-state index is 10.3. The number of aromatic hydroxyl groups is 1. The number of nitrogens with zero attached hydrogens (tertiary/aromatic N) is 3. The zero-order valence-corrected chi connectivity index (χ0v) is 14.1. The fourth-order valence-electron chi connectivity index (χ4n) is 2.92. The van der Waals surface area contributed by atoms with Crippen LogP contribution in [0.3, 0.4) is 0 Å². The standard InChI is InChI=1S/C19H17N3OS/c1-22(12-19-21-16-4-2-3-5-18(16)24-19)11-15-14-10-20-9-8-13(14)6-7-17(15)23/h2-10,23H,11-12H2,1H3. The maximum absolute atomic E-state index is 10.3. The Bertz CT molecular complexity index is 979. The lowest BCUT2D eigenvalue weighted by atomic mass is 10.1. The molecule has 0 aliphatic rings. The number of hydrogen-bond donors (Lipinski definition) is 1. The van der Waals surface area contributed by atoms with Crippen LogP contribution in [0, 0.1) is 0 Å². The second-order valence-corrected chi connectivity index (χ2v) is 7.02. The van der Waals surface area contributed by atoms with Gasteiger partial charge in [-0.25, -0.2) is 4.98 Å². The number of phenols is 1. The van der Waals surface area contributed by atoms with Crippen LogP contribution in [0.4, 0.5) is 0 Å². The number of rotatable bonds is 4. The Morgan fingerprint density at radius 1 is 1.08 bits per heavy atom. The minimum Gasteiger partial charge on any atom is -0.508 e. The Balaban J connectivity index is 1.60.